The summed E-state index contributed by atoms with van der Waals surface area (Å²) in [5, 5.41) is 18.2. The molecule has 13 heavy (non-hydrogen) atoms. The van der Waals surface area contributed by atoms with Gasteiger partial charge >= 0.3 is 5.97 Å². The van der Waals surface area contributed by atoms with E-state index in [-0.39, 0.29) is 0 Å². The first-order valence-electron chi connectivity index (χ1n) is 3.66. The summed E-state index contributed by atoms with van der Waals surface area (Å²) in [5.74, 6) is -1.25. The number of hydrogen-bond donors (Lipinski definition) is 2. The van der Waals surface area contributed by atoms with E-state index < -0.39 is 11.6 Å². The van der Waals surface area contributed by atoms with Crippen LogP contribution in [0.2, 0.25) is 0 Å². The SMILES string of the molecule is CC(O)(C(=O)O)c1ccc(Br)cc1. The molecule has 0 aliphatic heterocycles. The van der Waals surface area contributed by atoms with E-state index in [9.17, 15) is 9.90 Å². The molecule has 0 amide bonds. The molecule has 1 atom stereocenters. The Balaban J connectivity index is 3.08. The third kappa shape index (κ3) is 2.08. The summed E-state index contributed by atoms with van der Waals surface area (Å²) in [5.41, 5.74) is -1.45. The predicted molar refractivity (Wildman–Crippen MR) is 51.3 cm³/mol. The average molecular weight is 245 g/mol. The molecule has 0 fully saturated rings. The van der Waals surface area contributed by atoms with Gasteiger partial charge in [0.05, 0.1) is 0 Å². The first-order chi connectivity index (χ1) is 5.94. The average Bonchev–Trinajstić information content (AvgIpc) is 2.04. The van der Waals surface area contributed by atoms with Gasteiger partial charge in [0.1, 0.15) is 0 Å². The molecule has 1 aromatic rings. The summed E-state index contributed by atoms with van der Waals surface area (Å²) < 4.78 is 0.845. The molecule has 0 radical (unpaired) electrons. The van der Waals surface area contributed by atoms with Crippen LogP contribution in [0.15, 0.2) is 28.7 Å². The molecule has 0 spiro atoms. The van der Waals surface area contributed by atoms with Crippen LogP contribution in [0.4, 0.5) is 0 Å². The molecule has 3 nitrogen and oxygen atoms in total. The second-order valence-electron chi connectivity index (χ2n) is 2.88. The molecule has 1 rings (SSSR count). The Morgan fingerprint density at radius 3 is 2.23 bits per heavy atom. The van der Waals surface area contributed by atoms with Gasteiger partial charge in [-0.15, -0.1) is 0 Å². The molecule has 4 heteroatoms. The highest BCUT2D eigenvalue weighted by Crippen LogP contribution is 2.22. The number of halogens is 1. The normalized spacial score (nSPS) is 15.0. The fraction of sp³-hybridized carbons (Fsp3) is 0.222. The maximum Gasteiger partial charge on any atom is 0.340 e. The van der Waals surface area contributed by atoms with Gasteiger partial charge in [-0.3, -0.25) is 0 Å². The molecule has 0 aliphatic rings. The molecule has 1 unspecified atom stereocenters. The van der Waals surface area contributed by atoms with Gasteiger partial charge in [0.2, 0.25) is 0 Å². The molecule has 0 aliphatic carbocycles. The molecule has 70 valence electrons. The van der Waals surface area contributed by atoms with E-state index >= 15 is 0 Å². The second-order valence-corrected chi connectivity index (χ2v) is 3.80. The minimum Gasteiger partial charge on any atom is -0.479 e. The smallest absolute Gasteiger partial charge is 0.340 e. The molecule has 0 aromatic heterocycles. The fourth-order valence-corrected chi connectivity index (χ4v) is 1.16. The molecule has 1 aromatic carbocycles. The first kappa shape index (κ1) is 10.2. The number of aliphatic carboxylic acids is 1. The lowest BCUT2D eigenvalue weighted by Crippen LogP contribution is -2.31. The van der Waals surface area contributed by atoms with Crippen LogP contribution >= 0.6 is 15.9 Å². The van der Waals surface area contributed by atoms with Crippen LogP contribution < -0.4 is 0 Å². The lowest BCUT2D eigenvalue weighted by Gasteiger charge is -2.17. The zero-order valence-electron chi connectivity index (χ0n) is 6.99. The lowest BCUT2D eigenvalue weighted by atomic mass is 9.97. The van der Waals surface area contributed by atoms with Gasteiger partial charge < -0.3 is 10.2 Å². The number of rotatable bonds is 2. The Bertz CT molecular complexity index is 316. The van der Waals surface area contributed by atoms with Crippen LogP contribution in [0.25, 0.3) is 0 Å². The van der Waals surface area contributed by atoms with Crippen molar-refractivity contribution in [2.45, 2.75) is 12.5 Å². The van der Waals surface area contributed by atoms with Crippen molar-refractivity contribution in [1.29, 1.82) is 0 Å². The van der Waals surface area contributed by atoms with Crippen molar-refractivity contribution in [3.8, 4) is 0 Å². The van der Waals surface area contributed by atoms with Crippen molar-refractivity contribution in [1.82, 2.24) is 0 Å². The Morgan fingerprint density at radius 1 is 1.38 bits per heavy atom. The van der Waals surface area contributed by atoms with Gasteiger partial charge in [-0.25, -0.2) is 4.79 Å². The fourth-order valence-electron chi connectivity index (χ4n) is 0.898. The summed E-state index contributed by atoms with van der Waals surface area (Å²) >= 11 is 3.22. The highest BCUT2D eigenvalue weighted by atomic mass is 79.9. The standard InChI is InChI=1S/C9H9BrO3/c1-9(13,8(11)12)6-2-4-7(10)5-3-6/h2-5,13H,1H3,(H,11,12). The van der Waals surface area contributed by atoms with E-state index in [0.29, 0.717) is 5.56 Å². The van der Waals surface area contributed by atoms with Gasteiger partial charge in [0.15, 0.2) is 5.60 Å². The number of carbonyl (C=O) groups is 1. The van der Waals surface area contributed by atoms with Crippen molar-refractivity contribution >= 4 is 21.9 Å². The molecule has 0 saturated carbocycles. The quantitative estimate of drug-likeness (QED) is 0.834. The number of hydrogen-bond acceptors (Lipinski definition) is 2. The van der Waals surface area contributed by atoms with Crippen molar-refractivity contribution in [2.24, 2.45) is 0 Å². The Labute approximate surface area is 84.1 Å². The van der Waals surface area contributed by atoms with Gasteiger partial charge in [0, 0.05) is 4.47 Å². The topological polar surface area (TPSA) is 57.5 Å². The monoisotopic (exact) mass is 244 g/mol. The lowest BCUT2D eigenvalue weighted by molar-refractivity contribution is -0.157. The van der Waals surface area contributed by atoms with Crippen LogP contribution in [0.1, 0.15) is 12.5 Å². The van der Waals surface area contributed by atoms with E-state index in [1.807, 2.05) is 0 Å². The maximum absolute atomic E-state index is 10.6. The molecule has 0 heterocycles. The largest absolute Gasteiger partial charge is 0.479 e. The maximum atomic E-state index is 10.6. The van der Waals surface area contributed by atoms with Crippen LogP contribution in [-0.4, -0.2) is 16.2 Å². The highest BCUT2D eigenvalue weighted by Gasteiger charge is 2.31. The van der Waals surface area contributed by atoms with Gasteiger partial charge in [-0.1, -0.05) is 28.1 Å². The zero-order chi connectivity index (χ0) is 10.1. The van der Waals surface area contributed by atoms with Crippen molar-refractivity contribution in [3.63, 3.8) is 0 Å². The summed E-state index contributed by atoms with van der Waals surface area (Å²) in [4.78, 5) is 10.6. The minimum absolute atomic E-state index is 0.364. The predicted octanol–water partition coefficient (Wildman–Crippen LogP) is 1.74. The first-order valence-corrected chi connectivity index (χ1v) is 4.45. The molecule has 0 saturated heterocycles. The number of carboxylic acids is 1. The third-order valence-electron chi connectivity index (χ3n) is 1.82. The summed E-state index contributed by atoms with van der Waals surface area (Å²) in [6.07, 6.45) is 0. The summed E-state index contributed by atoms with van der Waals surface area (Å²) in [7, 11) is 0. The Hall–Kier alpha value is -0.870. The summed E-state index contributed by atoms with van der Waals surface area (Å²) in [6.45, 7) is 1.25. The van der Waals surface area contributed by atoms with Gasteiger partial charge in [-0.05, 0) is 24.6 Å². The molecular formula is C9H9BrO3. The van der Waals surface area contributed by atoms with Crippen molar-refractivity contribution in [3.05, 3.63) is 34.3 Å². The van der Waals surface area contributed by atoms with Crippen LogP contribution in [-0.2, 0) is 10.4 Å². The summed E-state index contributed by atoms with van der Waals surface area (Å²) in [6, 6.07) is 6.51. The van der Waals surface area contributed by atoms with E-state index in [0.717, 1.165) is 4.47 Å². The van der Waals surface area contributed by atoms with Gasteiger partial charge in [0.25, 0.3) is 0 Å². The minimum atomic E-state index is -1.82. The number of aliphatic hydroxyl groups is 1. The van der Waals surface area contributed by atoms with Crippen LogP contribution in [0.3, 0.4) is 0 Å². The second kappa shape index (κ2) is 3.47. The van der Waals surface area contributed by atoms with E-state index in [4.69, 9.17) is 5.11 Å². The number of carboxylic acid groups (broad SMARTS) is 1. The van der Waals surface area contributed by atoms with Crippen LogP contribution in [0.5, 0.6) is 0 Å². The number of benzene rings is 1. The molecule has 2 N–H and O–H groups in total. The molecular weight excluding hydrogens is 236 g/mol. The third-order valence-corrected chi connectivity index (χ3v) is 2.35. The van der Waals surface area contributed by atoms with Crippen LogP contribution in [0, 0.1) is 0 Å². The Kier molecular flexibility index (Phi) is 2.73. The van der Waals surface area contributed by atoms with E-state index in [1.54, 1.807) is 24.3 Å². The van der Waals surface area contributed by atoms with Gasteiger partial charge in [-0.2, -0.15) is 0 Å². The van der Waals surface area contributed by atoms with Crippen molar-refractivity contribution in [2.75, 3.05) is 0 Å². The molecule has 0 bridgehead atoms. The van der Waals surface area contributed by atoms with Crippen molar-refractivity contribution < 1.29 is 15.0 Å². The zero-order valence-corrected chi connectivity index (χ0v) is 8.58. The Morgan fingerprint density at radius 2 is 1.85 bits per heavy atom. The van der Waals surface area contributed by atoms with E-state index in [2.05, 4.69) is 15.9 Å². The van der Waals surface area contributed by atoms with E-state index in [1.165, 1.54) is 6.92 Å². The highest BCUT2D eigenvalue weighted by molar-refractivity contribution is 9.10.